The van der Waals surface area contributed by atoms with Crippen LogP contribution < -0.4 is 14.8 Å². The monoisotopic (exact) mass is 293 g/mol. The lowest BCUT2D eigenvalue weighted by Crippen LogP contribution is -2.21. The van der Waals surface area contributed by atoms with Crippen molar-refractivity contribution in [1.82, 2.24) is 5.32 Å². The first kappa shape index (κ1) is 14.8. The Hall–Kier alpha value is -1.56. The molecule has 0 aliphatic heterocycles. The van der Waals surface area contributed by atoms with Crippen molar-refractivity contribution in [1.29, 1.82) is 0 Å². The highest BCUT2D eigenvalue weighted by molar-refractivity contribution is 7.09. The van der Waals surface area contributed by atoms with Gasteiger partial charge in [-0.1, -0.05) is 6.07 Å². The third-order valence-electron chi connectivity index (χ3n) is 3.01. The summed E-state index contributed by atoms with van der Waals surface area (Å²) < 4.78 is 10.5. The predicted molar refractivity (Wildman–Crippen MR) is 80.5 cm³/mol. The van der Waals surface area contributed by atoms with E-state index in [4.69, 9.17) is 9.47 Å². The van der Waals surface area contributed by atoms with Gasteiger partial charge in [-0.25, -0.2) is 0 Å². The van der Waals surface area contributed by atoms with Crippen LogP contribution in [0.2, 0.25) is 0 Å². The zero-order valence-corrected chi connectivity index (χ0v) is 12.4. The van der Waals surface area contributed by atoms with Gasteiger partial charge in [0.15, 0.2) is 0 Å². The van der Waals surface area contributed by atoms with Gasteiger partial charge in [-0.3, -0.25) is 0 Å². The van der Waals surface area contributed by atoms with Gasteiger partial charge in [-0.15, -0.1) is 11.3 Å². The number of ether oxygens (including phenoxy) is 2. The van der Waals surface area contributed by atoms with Gasteiger partial charge in [-0.2, -0.15) is 0 Å². The molecule has 0 fully saturated rings. The van der Waals surface area contributed by atoms with Crippen LogP contribution in [0.4, 0.5) is 0 Å². The molecule has 5 heteroatoms. The maximum atomic E-state index is 10.3. The van der Waals surface area contributed by atoms with Crippen LogP contribution in [-0.4, -0.2) is 25.9 Å². The van der Waals surface area contributed by atoms with Crippen molar-refractivity contribution in [3.05, 3.63) is 46.2 Å². The molecule has 2 N–H and O–H groups in total. The number of benzene rings is 1. The number of nitrogens with one attached hydrogen (secondary N) is 1. The van der Waals surface area contributed by atoms with E-state index in [2.05, 4.69) is 11.4 Å². The fourth-order valence-electron chi connectivity index (χ4n) is 1.96. The summed E-state index contributed by atoms with van der Waals surface area (Å²) in [5.74, 6) is 1.37. The van der Waals surface area contributed by atoms with Gasteiger partial charge in [0.25, 0.3) is 0 Å². The minimum Gasteiger partial charge on any atom is -0.497 e. The lowest BCUT2D eigenvalue weighted by atomic mass is 10.1. The quantitative estimate of drug-likeness (QED) is 0.824. The minimum absolute atomic E-state index is 0.460. The van der Waals surface area contributed by atoms with E-state index in [0.29, 0.717) is 18.0 Å². The van der Waals surface area contributed by atoms with Crippen molar-refractivity contribution < 1.29 is 14.6 Å². The number of hydrogen-bond acceptors (Lipinski definition) is 5. The van der Waals surface area contributed by atoms with Crippen LogP contribution >= 0.6 is 11.3 Å². The first-order chi connectivity index (χ1) is 9.74. The average Bonchev–Trinajstić information content (AvgIpc) is 2.99. The Morgan fingerprint density at radius 2 is 2.10 bits per heavy atom. The molecule has 1 unspecified atom stereocenters. The molecule has 1 heterocycles. The van der Waals surface area contributed by atoms with E-state index in [1.165, 1.54) is 4.88 Å². The van der Waals surface area contributed by atoms with Crippen molar-refractivity contribution in [3.63, 3.8) is 0 Å². The van der Waals surface area contributed by atoms with E-state index in [-0.39, 0.29) is 0 Å². The Morgan fingerprint density at radius 3 is 2.75 bits per heavy atom. The van der Waals surface area contributed by atoms with E-state index in [0.717, 1.165) is 12.1 Å². The number of hydrogen-bond donors (Lipinski definition) is 2. The fraction of sp³-hybridized carbons (Fsp3) is 0.333. The zero-order valence-electron chi connectivity index (χ0n) is 11.6. The van der Waals surface area contributed by atoms with Crippen molar-refractivity contribution in [2.75, 3.05) is 20.8 Å². The summed E-state index contributed by atoms with van der Waals surface area (Å²) in [4.78, 5) is 1.25. The first-order valence-electron chi connectivity index (χ1n) is 6.37. The SMILES string of the molecule is COc1ccc(OC)c(C(O)CNCc2cccs2)c1. The Morgan fingerprint density at radius 1 is 1.25 bits per heavy atom. The third kappa shape index (κ3) is 3.72. The summed E-state index contributed by atoms with van der Waals surface area (Å²) in [5, 5.41) is 15.6. The largest absolute Gasteiger partial charge is 0.497 e. The Bertz CT molecular complexity index is 528. The fourth-order valence-corrected chi connectivity index (χ4v) is 2.63. The summed E-state index contributed by atoms with van der Waals surface area (Å²) in [6.45, 7) is 1.21. The highest BCUT2D eigenvalue weighted by Gasteiger charge is 2.14. The van der Waals surface area contributed by atoms with Crippen LogP contribution in [0.5, 0.6) is 11.5 Å². The molecule has 1 aromatic carbocycles. The van der Waals surface area contributed by atoms with E-state index in [1.807, 2.05) is 17.5 Å². The van der Waals surface area contributed by atoms with Crippen LogP contribution in [0.3, 0.4) is 0 Å². The standard InChI is InChI=1S/C15H19NO3S/c1-18-11-5-6-15(19-2)13(8-11)14(17)10-16-9-12-4-3-7-20-12/h3-8,14,16-17H,9-10H2,1-2H3. The van der Waals surface area contributed by atoms with Crippen LogP contribution in [-0.2, 0) is 6.54 Å². The summed E-state index contributed by atoms with van der Waals surface area (Å²) in [6, 6.07) is 9.50. The van der Waals surface area contributed by atoms with E-state index in [9.17, 15) is 5.11 Å². The molecule has 0 amide bonds. The molecule has 0 radical (unpaired) electrons. The maximum absolute atomic E-state index is 10.3. The van der Waals surface area contributed by atoms with Crippen molar-refractivity contribution in [3.8, 4) is 11.5 Å². The Labute approximate surface area is 123 Å². The Kier molecular flexibility index (Phi) is 5.40. The van der Waals surface area contributed by atoms with Gasteiger partial charge in [0.1, 0.15) is 11.5 Å². The van der Waals surface area contributed by atoms with Crippen LogP contribution in [0, 0.1) is 0 Å². The number of rotatable bonds is 7. The molecule has 2 rings (SSSR count). The molecule has 0 bridgehead atoms. The molecule has 4 nitrogen and oxygen atoms in total. The molecule has 20 heavy (non-hydrogen) atoms. The summed E-state index contributed by atoms with van der Waals surface area (Å²) >= 11 is 1.70. The molecule has 2 aromatic rings. The summed E-state index contributed by atoms with van der Waals surface area (Å²) in [6.07, 6.45) is -0.639. The average molecular weight is 293 g/mol. The van der Waals surface area contributed by atoms with Crippen LogP contribution in [0.1, 0.15) is 16.5 Å². The highest BCUT2D eigenvalue weighted by atomic mass is 32.1. The predicted octanol–water partition coefficient (Wildman–Crippen LogP) is 2.59. The second-order valence-corrected chi connectivity index (χ2v) is 5.37. The normalized spacial score (nSPS) is 12.2. The molecule has 1 aromatic heterocycles. The first-order valence-corrected chi connectivity index (χ1v) is 7.25. The van der Waals surface area contributed by atoms with Crippen molar-refractivity contribution >= 4 is 11.3 Å². The maximum Gasteiger partial charge on any atom is 0.124 e. The van der Waals surface area contributed by atoms with Gasteiger partial charge in [0.05, 0.1) is 20.3 Å². The van der Waals surface area contributed by atoms with E-state index >= 15 is 0 Å². The van der Waals surface area contributed by atoms with Gasteiger partial charge in [-0.05, 0) is 29.6 Å². The highest BCUT2D eigenvalue weighted by Crippen LogP contribution is 2.29. The van der Waals surface area contributed by atoms with Gasteiger partial charge >= 0.3 is 0 Å². The van der Waals surface area contributed by atoms with Crippen molar-refractivity contribution in [2.24, 2.45) is 0 Å². The van der Waals surface area contributed by atoms with Crippen LogP contribution in [0.15, 0.2) is 35.7 Å². The van der Waals surface area contributed by atoms with Gasteiger partial charge < -0.3 is 19.9 Å². The number of thiophene rings is 1. The second kappa shape index (κ2) is 7.28. The molecule has 1 atom stereocenters. The lowest BCUT2D eigenvalue weighted by molar-refractivity contribution is 0.170. The Balaban J connectivity index is 1.98. The summed E-state index contributed by atoms with van der Waals surface area (Å²) in [5.41, 5.74) is 0.727. The topological polar surface area (TPSA) is 50.7 Å². The molecule has 0 aliphatic rings. The van der Waals surface area contributed by atoms with Crippen molar-refractivity contribution in [2.45, 2.75) is 12.6 Å². The lowest BCUT2D eigenvalue weighted by Gasteiger charge is -2.16. The molecule has 0 spiro atoms. The molecule has 0 saturated carbocycles. The van der Waals surface area contributed by atoms with E-state index < -0.39 is 6.10 Å². The number of methoxy groups -OCH3 is 2. The second-order valence-electron chi connectivity index (χ2n) is 4.33. The van der Waals surface area contributed by atoms with Gasteiger partial charge in [0.2, 0.25) is 0 Å². The molecular weight excluding hydrogens is 274 g/mol. The molecular formula is C15H19NO3S. The van der Waals surface area contributed by atoms with Crippen LogP contribution in [0.25, 0.3) is 0 Å². The number of aliphatic hydroxyl groups is 1. The number of aliphatic hydroxyl groups excluding tert-OH is 1. The molecule has 108 valence electrons. The third-order valence-corrected chi connectivity index (χ3v) is 3.89. The zero-order chi connectivity index (χ0) is 14.4. The smallest absolute Gasteiger partial charge is 0.124 e. The summed E-state index contributed by atoms with van der Waals surface area (Å²) in [7, 11) is 3.20. The minimum atomic E-state index is -0.639. The molecule has 0 saturated heterocycles. The molecule has 0 aliphatic carbocycles. The van der Waals surface area contributed by atoms with E-state index in [1.54, 1.807) is 37.7 Å². The van der Waals surface area contributed by atoms with Gasteiger partial charge in [0, 0.05) is 23.5 Å².